The molecule has 0 unspecified atom stereocenters. The fraction of sp³-hybridized carbons (Fsp3) is 0.519. The topological polar surface area (TPSA) is 96.0 Å². The molecule has 1 heterocycles. The van der Waals surface area contributed by atoms with Gasteiger partial charge in [-0.15, -0.1) is 0 Å². The third-order valence-corrected chi connectivity index (χ3v) is 7.96. The average Bonchev–Trinajstić information content (AvgIpc) is 2.87. The number of carbonyl (C=O) groups is 1. The minimum absolute atomic E-state index is 0.0373. The van der Waals surface area contributed by atoms with E-state index in [2.05, 4.69) is 24.3 Å². The summed E-state index contributed by atoms with van der Waals surface area (Å²) in [5.74, 6) is 1.19. The van der Waals surface area contributed by atoms with Gasteiger partial charge < -0.3 is 25.6 Å². The Balaban J connectivity index is 1.21. The van der Waals surface area contributed by atoms with E-state index < -0.39 is 12.2 Å². The van der Waals surface area contributed by atoms with Gasteiger partial charge in [-0.2, -0.15) is 0 Å². The van der Waals surface area contributed by atoms with Crippen molar-refractivity contribution in [3.63, 3.8) is 0 Å². The highest BCUT2D eigenvalue weighted by Gasteiger charge is 2.48. The summed E-state index contributed by atoms with van der Waals surface area (Å²) in [6.07, 6.45) is 2.97. The summed E-state index contributed by atoms with van der Waals surface area (Å²) in [5.41, 5.74) is 8.89. The number of aliphatic hydroxyl groups excluding tert-OH is 2. The first-order valence-corrected chi connectivity index (χ1v) is 12.2. The van der Waals surface area contributed by atoms with E-state index in [1.54, 1.807) is 0 Å². The molecule has 5 atom stereocenters. The van der Waals surface area contributed by atoms with Crippen LogP contribution in [0.3, 0.4) is 0 Å². The molecular formula is C27H34N2O4. The molecule has 4 aliphatic rings. The Labute approximate surface area is 195 Å². The number of amides is 1. The molecule has 6 rings (SSSR count). The molecule has 3 aliphatic carbocycles. The van der Waals surface area contributed by atoms with Crippen molar-refractivity contribution in [1.82, 2.24) is 4.90 Å². The van der Waals surface area contributed by atoms with Crippen LogP contribution in [0.15, 0.2) is 48.5 Å². The van der Waals surface area contributed by atoms with Crippen molar-refractivity contribution in [3.05, 3.63) is 65.2 Å². The number of benzene rings is 2. The number of nitrogens with zero attached hydrogens (tertiary/aromatic N) is 1. The molecule has 1 aliphatic heterocycles. The predicted octanol–water partition coefficient (Wildman–Crippen LogP) is 3.06. The maximum Gasteiger partial charge on any atom is 0.253 e. The molecule has 4 N–H and O–H groups in total. The van der Waals surface area contributed by atoms with Crippen LogP contribution in [0.2, 0.25) is 0 Å². The Morgan fingerprint density at radius 3 is 2.55 bits per heavy atom. The van der Waals surface area contributed by atoms with Gasteiger partial charge in [0, 0.05) is 31.1 Å². The van der Waals surface area contributed by atoms with Gasteiger partial charge >= 0.3 is 0 Å². The van der Waals surface area contributed by atoms with Gasteiger partial charge in [-0.3, -0.25) is 4.79 Å². The molecule has 6 nitrogen and oxygen atoms in total. The van der Waals surface area contributed by atoms with Gasteiger partial charge in [0.15, 0.2) is 0 Å². The summed E-state index contributed by atoms with van der Waals surface area (Å²) in [7, 11) is 0. The Kier molecular flexibility index (Phi) is 6.41. The summed E-state index contributed by atoms with van der Waals surface area (Å²) in [6, 6.07) is 15.9. The molecule has 2 aromatic carbocycles. The van der Waals surface area contributed by atoms with Gasteiger partial charge in [0.25, 0.3) is 5.91 Å². The lowest BCUT2D eigenvalue weighted by atomic mass is 9.65. The van der Waals surface area contributed by atoms with Gasteiger partial charge in [-0.05, 0) is 73.3 Å². The number of carbonyl (C=O) groups excluding carboxylic acids is 1. The smallest absolute Gasteiger partial charge is 0.253 e. The Hall–Kier alpha value is -2.41. The van der Waals surface area contributed by atoms with Crippen molar-refractivity contribution < 1.29 is 19.7 Å². The molecule has 3 saturated carbocycles. The fourth-order valence-corrected chi connectivity index (χ4v) is 6.00. The largest absolute Gasteiger partial charge is 0.490 e. The predicted molar refractivity (Wildman–Crippen MR) is 126 cm³/mol. The first-order chi connectivity index (χ1) is 16.0. The van der Waals surface area contributed by atoms with Crippen molar-refractivity contribution in [3.8, 4) is 5.75 Å². The van der Waals surface area contributed by atoms with E-state index in [0.717, 1.165) is 50.8 Å². The number of piperidine rings is 1. The number of rotatable bonds is 5. The van der Waals surface area contributed by atoms with Gasteiger partial charge in [-0.25, -0.2) is 0 Å². The molecule has 6 heteroatoms. The summed E-state index contributed by atoms with van der Waals surface area (Å²) in [5, 5.41) is 20.5. The lowest BCUT2D eigenvalue weighted by Crippen LogP contribution is -2.55. The SMILES string of the molecule is NCc1cccc(C2CCN(C(=O)c3cccc(O[C@H]4C[C@H]5CC[C@@H]4[C@H](O)[C@@H]5O)c3)CC2)c1. The summed E-state index contributed by atoms with van der Waals surface area (Å²) < 4.78 is 6.23. The standard InChI is InChI=1S/C27H34N2O4/c28-16-17-3-1-4-19(13-17)18-9-11-29(12-10-18)27(32)21-5-2-6-22(14-21)33-24-15-20-7-8-23(24)26(31)25(20)30/h1-6,13-14,18,20,23-26,30-31H,7-12,15-16,28H2/t20-,23+,24+,25-,26+/m1/s1. The lowest BCUT2D eigenvalue weighted by molar-refractivity contribution is -0.148. The molecule has 1 saturated heterocycles. The van der Waals surface area contributed by atoms with Crippen LogP contribution in [0.25, 0.3) is 0 Å². The highest BCUT2D eigenvalue weighted by Crippen LogP contribution is 2.43. The normalized spacial score (nSPS) is 29.8. The van der Waals surface area contributed by atoms with Crippen molar-refractivity contribution >= 4 is 5.91 Å². The summed E-state index contributed by atoms with van der Waals surface area (Å²) in [4.78, 5) is 15.1. The molecule has 176 valence electrons. The van der Waals surface area contributed by atoms with Crippen LogP contribution in [0.4, 0.5) is 0 Å². The Morgan fingerprint density at radius 2 is 1.79 bits per heavy atom. The Morgan fingerprint density at radius 1 is 1.00 bits per heavy atom. The quantitative estimate of drug-likeness (QED) is 0.651. The highest BCUT2D eigenvalue weighted by molar-refractivity contribution is 5.94. The maximum atomic E-state index is 13.2. The number of likely N-dealkylation sites (tertiary alicyclic amines) is 1. The number of ether oxygens (including phenoxy) is 1. The molecule has 2 bridgehead atoms. The van der Waals surface area contributed by atoms with Crippen LogP contribution in [0, 0.1) is 11.8 Å². The zero-order chi connectivity index (χ0) is 22.9. The van der Waals surface area contributed by atoms with Crippen LogP contribution in [-0.4, -0.2) is 52.4 Å². The fourth-order valence-electron chi connectivity index (χ4n) is 6.00. The number of hydrogen-bond donors (Lipinski definition) is 3. The molecular weight excluding hydrogens is 416 g/mol. The second-order valence-electron chi connectivity index (χ2n) is 9.92. The van der Waals surface area contributed by atoms with E-state index in [9.17, 15) is 15.0 Å². The van der Waals surface area contributed by atoms with E-state index in [1.807, 2.05) is 29.2 Å². The third-order valence-electron chi connectivity index (χ3n) is 7.96. The zero-order valence-electron chi connectivity index (χ0n) is 19.0. The number of nitrogens with two attached hydrogens (primary N) is 1. The molecule has 2 aromatic rings. The first-order valence-electron chi connectivity index (χ1n) is 12.2. The second-order valence-corrected chi connectivity index (χ2v) is 9.92. The van der Waals surface area contributed by atoms with E-state index in [1.165, 1.54) is 5.56 Å². The first kappa shape index (κ1) is 22.4. The van der Waals surface area contributed by atoms with Crippen molar-refractivity contribution in [2.45, 2.75) is 62.9 Å². The van der Waals surface area contributed by atoms with Crippen LogP contribution >= 0.6 is 0 Å². The maximum absolute atomic E-state index is 13.2. The zero-order valence-corrected chi connectivity index (χ0v) is 19.0. The third kappa shape index (κ3) is 4.52. The van der Waals surface area contributed by atoms with E-state index in [-0.39, 0.29) is 23.8 Å². The minimum atomic E-state index is -0.723. The van der Waals surface area contributed by atoms with Crippen LogP contribution in [-0.2, 0) is 6.54 Å². The van der Waals surface area contributed by atoms with E-state index in [0.29, 0.717) is 23.8 Å². The van der Waals surface area contributed by atoms with E-state index in [4.69, 9.17) is 10.5 Å². The molecule has 4 fully saturated rings. The van der Waals surface area contributed by atoms with Crippen molar-refractivity contribution in [2.75, 3.05) is 13.1 Å². The highest BCUT2D eigenvalue weighted by atomic mass is 16.5. The van der Waals surface area contributed by atoms with Gasteiger partial charge in [0.2, 0.25) is 0 Å². The van der Waals surface area contributed by atoms with Gasteiger partial charge in [-0.1, -0.05) is 30.3 Å². The monoisotopic (exact) mass is 450 g/mol. The second kappa shape index (κ2) is 9.45. The van der Waals surface area contributed by atoms with Gasteiger partial charge in [0.05, 0.1) is 12.2 Å². The summed E-state index contributed by atoms with van der Waals surface area (Å²) in [6.45, 7) is 2.02. The minimum Gasteiger partial charge on any atom is -0.490 e. The van der Waals surface area contributed by atoms with Gasteiger partial charge in [0.1, 0.15) is 11.9 Å². The molecule has 0 spiro atoms. The average molecular weight is 451 g/mol. The van der Waals surface area contributed by atoms with Crippen molar-refractivity contribution in [1.29, 1.82) is 0 Å². The van der Waals surface area contributed by atoms with Crippen molar-refractivity contribution in [2.24, 2.45) is 17.6 Å². The van der Waals surface area contributed by atoms with Crippen LogP contribution in [0.5, 0.6) is 5.75 Å². The number of fused-ring (bicyclic) bond motifs is 3. The molecule has 33 heavy (non-hydrogen) atoms. The number of hydrogen-bond acceptors (Lipinski definition) is 5. The molecule has 0 radical (unpaired) electrons. The number of aliphatic hydroxyl groups is 2. The summed E-state index contributed by atoms with van der Waals surface area (Å²) >= 11 is 0. The molecule has 1 amide bonds. The molecule has 0 aromatic heterocycles. The van der Waals surface area contributed by atoms with E-state index >= 15 is 0 Å². The Bertz CT molecular complexity index is 986. The van der Waals surface area contributed by atoms with Crippen LogP contribution < -0.4 is 10.5 Å². The lowest BCUT2D eigenvalue weighted by Gasteiger charge is -2.48. The van der Waals surface area contributed by atoms with Crippen LogP contribution in [0.1, 0.15) is 59.5 Å².